The number of carboxylic acids is 1. The molecule has 0 fully saturated rings. The van der Waals surface area contributed by atoms with Crippen molar-refractivity contribution in [2.75, 3.05) is 5.75 Å². The molecule has 0 bridgehead atoms. The van der Waals surface area contributed by atoms with Crippen LogP contribution in [0.2, 0.25) is 0 Å². The minimum Gasteiger partial charge on any atom is -0.481 e. The summed E-state index contributed by atoms with van der Waals surface area (Å²) in [7, 11) is 0. The van der Waals surface area contributed by atoms with Crippen molar-refractivity contribution in [3.8, 4) is 0 Å². The average molecular weight is 278 g/mol. The molecule has 7 heteroatoms. The standard InChI is InChI=1S/C12H14N4O2S/c1-9-14-15-12(19-8-11(17)18)16(9)7-4-10-2-5-13-6-3-10/h2-3,5-6H,4,7-8H2,1H3,(H,17,18). The molecule has 6 nitrogen and oxygen atoms in total. The van der Waals surface area contributed by atoms with Crippen LogP contribution in [-0.2, 0) is 17.8 Å². The van der Waals surface area contributed by atoms with Crippen molar-refractivity contribution < 1.29 is 9.90 Å². The third-order valence-corrected chi connectivity index (χ3v) is 3.55. The molecule has 0 aliphatic heterocycles. The Morgan fingerprint density at radius 3 is 2.79 bits per heavy atom. The number of hydrogen-bond donors (Lipinski definition) is 1. The molecule has 0 unspecified atom stereocenters. The van der Waals surface area contributed by atoms with Crippen molar-refractivity contribution in [3.05, 3.63) is 35.9 Å². The maximum absolute atomic E-state index is 10.6. The molecule has 0 amide bonds. The van der Waals surface area contributed by atoms with Crippen LogP contribution in [0, 0.1) is 6.92 Å². The highest BCUT2D eigenvalue weighted by Crippen LogP contribution is 2.17. The second kappa shape index (κ2) is 6.33. The Labute approximate surface area is 114 Å². The van der Waals surface area contributed by atoms with E-state index < -0.39 is 5.97 Å². The summed E-state index contributed by atoms with van der Waals surface area (Å²) in [5, 5.41) is 17.3. The predicted molar refractivity (Wildman–Crippen MR) is 71.1 cm³/mol. The van der Waals surface area contributed by atoms with E-state index in [1.54, 1.807) is 12.4 Å². The fourth-order valence-corrected chi connectivity index (χ4v) is 2.37. The Hall–Kier alpha value is -1.89. The molecule has 2 aromatic rings. The molecule has 2 rings (SSSR count). The van der Waals surface area contributed by atoms with Gasteiger partial charge in [0.05, 0.1) is 5.75 Å². The third kappa shape index (κ3) is 3.78. The summed E-state index contributed by atoms with van der Waals surface area (Å²) in [6, 6.07) is 3.92. The van der Waals surface area contributed by atoms with E-state index >= 15 is 0 Å². The van der Waals surface area contributed by atoms with E-state index in [0.29, 0.717) is 5.16 Å². The lowest BCUT2D eigenvalue weighted by molar-refractivity contribution is -0.133. The molecule has 0 saturated heterocycles. The second-order valence-corrected chi connectivity index (χ2v) is 4.91. The number of nitrogens with zero attached hydrogens (tertiary/aromatic N) is 4. The summed E-state index contributed by atoms with van der Waals surface area (Å²) in [5.74, 6) is -0.0683. The first-order valence-corrected chi connectivity index (χ1v) is 6.78. The molecular formula is C12H14N4O2S. The van der Waals surface area contributed by atoms with E-state index in [-0.39, 0.29) is 5.75 Å². The molecular weight excluding hydrogens is 264 g/mol. The number of aromatic nitrogens is 4. The van der Waals surface area contributed by atoms with Gasteiger partial charge in [-0.1, -0.05) is 11.8 Å². The highest BCUT2D eigenvalue weighted by molar-refractivity contribution is 7.99. The Balaban J connectivity index is 2.03. The van der Waals surface area contributed by atoms with Gasteiger partial charge in [0.2, 0.25) is 0 Å². The second-order valence-electron chi connectivity index (χ2n) is 3.97. The van der Waals surface area contributed by atoms with Crippen LogP contribution in [0.1, 0.15) is 11.4 Å². The number of carboxylic acid groups (broad SMARTS) is 1. The SMILES string of the molecule is Cc1nnc(SCC(=O)O)n1CCc1ccncc1. The fourth-order valence-electron chi connectivity index (χ4n) is 1.64. The van der Waals surface area contributed by atoms with Crippen molar-refractivity contribution in [3.63, 3.8) is 0 Å². The number of hydrogen-bond acceptors (Lipinski definition) is 5. The first kappa shape index (κ1) is 13.5. The van der Waals surface area contributed by atoms with E-state index in [0.717, 1.165) is 18.8 Å². The molecule has 0 radical (unpaired) electrons. The first-order chi connectivity index (χ1) is 9.16. The van der Waals surface area contributed by atoms with Crippen LogP contribution >= 0.6 is 11.8 Å². The van der Waals surface area contributed by atoms with Gasteiger partial charge in [-0.2, -0.15) is 0 Å². The fraction of sp³-hybridized carbons (Fsp3) is 0.333. The van der Waals surface area contributed by atoms with Gasteiger partial charge in [0.25, 0.3) is 0 Å². The van der Waals surface area contributed by atoms with Crippen molar-refractivity contribution >= 4 is 17.7 Å². The van der Waals surface area contributed by atoms with E-state index in [9.17, 15) is 4.79 Å². The lowest BCUT2D eigenvalue weighted by Gasteiger charge is -2.07. The van der Waals surface area contributed by atoms with E-state index in [4.69, 9.17) is 5.11 Å². The van der Waals surface area contributed by atoms with Crippen molar-refractivity contribution in [1.29, 1.82) is 0 Å². The van der Waals surface area contributed by atoms with E-state index in [1.165, 1.54) is 17.3 Å². The van der Waals surface area contributed by atoms with Crippen molar-refractivity contribution in [1.82, 2.24) is 19.7 Å². The lowest BCUT2D eigenvalue weighted by Crippen LogP contribution is -2.07. The number of thioether (sulfide) groups is 1. The van der Waals surface area contributed by atoms with Gasteiger partial charge in [-0.05, 0) is 31.0 Å². The number of aliphatic carboxylic acids is 1. The van der Waals surface area contributed by atoms with Crippen LogP contribution in [0.4, 0.5) is 0 Å². The third-order valence-electron chi connectivity index (χ3n) is 2.60. The molecule has 0 atom stereocenters. The summed E-state index contributed by atoms with van der Waals surface area (Å²) in [6.45, 7) is 2.59. The summed E-state index contributed by atoms with van der Waals surface area (Å²) >= 11 is 1.19. The highest BCUT2D eigenvalue weighted by atomic mass is 32.2. The molecule has 0 saturated carbocycles. The van der Waals surface area contributed by atoms with E-state index in [1.807, 2.05) is 23.6 Å². The maximum atomic E-state index is 10.6. The van der Waals surface area contributed by atoms with E-state index in [2.05, 4.69) is 15.2 Å². The monoisotopic (exact) mass is 278 g/mol. The van der Waals surface area contributed by atoms with Crippen LogP contribution < -0.4 is 0 Å². The van der Waals surface area contributed by atoms with Crippen molar-refractivity contribution in [2.45, 2.75) is 25.0 Å². The number of pyridine rings is 1. The smallest absolute Gasteiger partial charge is 0.313 e. The Morgan fingerprint density at radius 1 is 1.37 bits per heavy atom. The molecule has 2 heterocycles. The van der Waals surface area contributed by atoms with Gasteiger partial charge in [-0.15, -0.1) is 10.2 Å². The Kier molecular flexibility index (Phi) is 4.51. The van der Waals surface area contributed by atoms with Crippen LogP contribution in [0.5, 0.6) is 0 Å². The average Bonchev–Trinajstić information content (AvgIpc) is 2.76. The Morgan fingerprint density at radius 2 is 2.11 bits per heavy atom. The zero-order valence-corrected chi connectivity index (χ0v) is 11.3. The van der Waals surface area contributed by atoms with Gasteiger partial charge < -0.3 is 9.67 Å². The molecule has 1 N–H and O–H groups in total. The minimum atomic E-state index is -0.855. The largest absolute Gasteiger partial charge is 0.481 e. The quantitative estimate of drug-likeness (QED) is 0.804. The summed E-state index contributed by atoms with van der Waals surface area (Å²) in [6.07, 6.45) is 4.35. The lowest BCUT2D eigenvalue weighted by atomic mass is 10.2. The number of rotatable bonds is 6. The predicted octanol–water partition coefficient (Wildman–Crippen LogP) is 1.40. The zero-order valence-electron chi connectivity index (χ0n) is 10.5. The first-order valence-electron chi connectivity index (χ1n) is 5.80. The molecule has 0 aliphatic rings. The number of aryl methyl sites for hydroxylation is 2. The topological polar surface area (TPSA) is 80.9 Å². The minimum absolute atomic E-state index is 0.00656. The van der Waals surface area contributed by atoms with Crippen LogP contribution in [0.15, 0.2) is 29.7 Å². The molecule has 2 aromatic heterocycles. The molecule has 19 heavy (non-hydrogen) atoms. The van der Waals surface area contributed by atoms with Crippen molar-refractivity contribution in [2.24, 2.45) is 0 Å². The highest BCUT2D eigenvalue weighted by Gasteiger charge is 2.11. The molecule has 100 valence electrons. The normalized spacial score (nSPS) is 10.6. The molecule has 0 spiro atoms. The molecule has 0 aromatic carbocycles. The molecule has 0 aliphatic carbocycles. The maximum Gasteiger partial charge on any atom is 0.313 e. The summed E-state index contributed by atoms with van der Waals surface area (Å²) in [5.41, 5.74) is 1.18. The van der Waals surface area contributed by atoms with Gasteiger partial charge >= 0.3 is 5.97 Å². The summed E-state index contributed by atoms with van der Waals surface area (Å²) in [4.78, 5) is 14.6. The van der Waals surface area contributed by atoms with Crippen LogP contribution in [0.25, 0.3) is 0 Å². The Bertz CT molecular complexity index is 556. The zero-order chi connectivity index (χ0) is 13.7. The van der Waals surface area contributed by atoms with Gasteiger partial charge in [-0.25, -0.2) is 0 Å². The number of carbonyl (C=O) groups is 1. The van der Waals surface area contributed by atoms with Gasteiger partial charge in [0, 0.05) is 18.9 Å². The summed E-state index contributed by atoms with van der Waals surface area (Å²) < 4.78 is 1.94. The van der Waals surface area contributed by atoms with Crippen LogP contribution in [-0.4, -0.2) is 36.6 Å². The van der Waals surface area contributed by atoms with Gasteiger partial charge in [-0.3, -0.25) is 9.78 Å². The van der Waals surface area contributed by atoms with Crippen LogP contribution in [0.3, 0.4) is 0 Å². The van der Waals surface area contributed by atoms with Gasteiger partial charge in [0.1, 0.15) is 5.82 Å². The van der Waals surface area contributed by atoms with Gasteiger partial charge in [0.15, 0.2) is 5.16 Å².